The lowest BCUT2D eigenvalue weighted by atomic mass is 9.84. The number of pyridine rings is 1. The second-order valence-corrected chi connectivity index (χ2v) is 8.38. The van der Waals surface area contributed by atoms with Gasteiger partial charge in [-0.2, -0.15) is 5.10 Å². The smallest absolute Gasteiger partial charge is 0.230 e. The predicted molar refractivity (Wildman–Crippen MR) is 130 cm³/mol. The molecule has 8 nitrogen and oxygen atoms in total. The Kier molecular flexibility index (Phi) is 4.25. The number of para-hydroxylation sites is 1. The van der Waals surface area contributed by atoms with Crippen LogP contribution in [-0.4, -0.2) is 34.3 Å². The average Bonchev–Trinajstić information content (AvgIpc) is 3.50. The summed E-state index contributed by atoms with van der Waals surface area (Å²) in [6.07, 6.45) is 3.37. The number of hydrogen-bond donors (Lipinski definition) is 0. The molecule has 2 aromatic carbocycles. The van der Waals surface area contributed by atoms with Gasteiger partial charge in [0.25, 0.3) is 0 Å². The Morgan fingerprint density at radius 3 is 2.34 bits per heavy atom. The Balaban J connectivity index is 1.50. The van der Waals surface area contributed by atoms with Gasteiger partial charge >= 0.3 is 0 Å². The third-order valence-electron chi connectivity index (χ3n) is 6.25. The van der Waals surface area contributed by atoms with Gasteiger partial charge in [-0.1, -0.05) is 54.6 Å². The first kappa shape index (κ1) is 19.6. The number of aromatic nitrogens is 7. The van der Waals surface area contributed by atoms with Crippen molar-refractivity contribution in [3.8, 4) is 29.0 Å². The summed E-state index contributed by atoms with van der Waals surface area (Å²) in [5, 5.41) is 9.52. The van der Waals surface area contributed by atoms with Crippen molar-refractivity contribution in [2.45, 2.75) is 12.8 Å². The van der Waals surface area contributed by atoms with Gasteiger partial charge in [0.1, 0.15) is 12.0 Å². The van der Waals surface area contributed by atoms with Crippen LogP contribution in [0.25, 0.3) is 22.9 Å². The highest BCUT2D eigenvalue weighted by molar-refractivity contribution is 5.68. The minimum Gasteiger partial charge on any atom is -0.420 e. The monoisotopic (exact) mass is 457 g/mol. The number of benzene rings is 2. The van der Waals surface area contributed by atoms with Gasteiger partial charge in [-0.3, -0.25) is 4.98 Å². The Morgan fingerprint density at radius 1 is 0.800 bits per heavy atom. The molecule has 168 valence electrons. The zero-order chi connectivity index (χ0) is 23.4. The molecular weight excluding hydrogens is 438 g/mol. The largest absolute Gasteiger partial charge is 0.420 e. The summed E-state index contributed by atoms with van der Waals surface area (Å²) in [7, 11) is 0. The van der Waals surface area contributed by atoms with Crippen LogP contribution in [-0.2, 0) is 0 Å². The lowest BCUT2D eigenvalue weighted by molar-refractivity contribution is 0.402. The van der Waals surface area contributed by atoms with E-state index in [0.717, 1.165) is 28.1 Å². The van der Waals surface area contributed by atoms with E-state index in [1.807, 2.05) is 78.3 Å². The summed E-state index contributed by atoms with van der Waals surface area (Å²) in [5.41, 5.74) is 6.14. The molecule has 0 saturated carbocycles. The Morgan fingerprint density at radius 2 is 1.57 bits per heavy atom. The van der Waals surface area contributed by atoms with Crippen molar-refractivity contribution in [3.63, 3.8) is 0 Å². The Labute approximate surface area is 200 Å². The highest BCUT2D eigenvalue weighted by Crippen LogP contribution is 2.49. The maximum Gasteiger partial charge on any atom is 0.230 e. The molecule has 6 aromatic rings. The first-order chi connectivity index (χ1) is 17.3. The lowest BCUT2D eigenvalue weighted by Crippen LogP contribution is -2.16. The molecule has 1 aliphatic heterocycles. The van der Waals surface area contributed by atoms with E-state index >= 15 is 0 Å². The molecule has 7 rings (SSSR count). The molecule has 1 atom stereocenters. The predicted octanol–water partition coefficient (Wildman–Crippen LogP) is 4.97. The normalized spacial score (nSPS) is 14.4. The van der Waals surface area contributed by atoms with E-state index in [-0.39, 0.29) is 5.92 Å². The maximum absolute atomic E-state index is 6.45. The summed E-state index contributed by atoms with van der Waals surface area (Å²) < 4.78 is 10.00. The number of aryl methyl sites for hydroxylation is 1. The highest BCUT2D eigenvalue weighted by Gasteiger charge is 2.38. The average molecular weight is 457 g/mol. The van der Waals surface area contributed by atoms with Crippen molar-refractivity contribution < 1.29 is 4.74 Å². The van der Waals surface area contributed by atoms with Crippen LogP contribution in [0.5, 0.6) is 11.8 Å². The summed E-state index contributed by atoms with van der Waals surface area (Å²) in [4.78, 5) is 13.9. The molecular formula is C27H19N7O. The number of ether oxygens (including phenoxy) is 1. The molecule has 0 N–H and O–H groups in total. The summed E-state index contributed by atoms with van der Waals surface area (Å²) >= 11 is 0. The van der Waals surface area contributed by atoms with Gasteiger partial charge in [-0.05, 0) is 36.8 Å². The van der Waals surface area contributed by atoms with Crippen LogP contribution >= 0.6 is 0 Å². The van der Waals surface area contributed by atoms with E-state index in [1.54, 1.807) is 17.0 Å². The van der Waals surface area contributed by atoms with Gasteiger partial charge in [0, 0.05) is 6.20 Å². The van der Waals surface area contributed by atoms with E-state index in [9.17, 15) is 0 Å². The van der Waals surface area contributed by atoms with Gasteiger partial charge in [0.05, 0.1) is 28.4 Å². The summed E-state index contributed by atoms with van der Waals surface area (Å²) in [6, 6.07) is 26.0. The fourth-order valence-electron chi connectivity index (χ4n) is 4.70. The molecule has 35 heavy (non-hydrogen) atoms. The highest BCUT2D eigenvalue weighted by atomic mass is 16.5. The first-order valence-electron chi connectivity index (χ1n) is 11.3. The molecule has 0 spiro atoms. The molecule has 5 heterocycles. The Bertz CT molecular complexity index is 1680. The summed E-state index contributed by atoms with van der Waals surface area (Å²) in [5.74, 6) is 1.52. The maximum atomic E-state index is 6.45. The van der Waals surface area contributed by atoms with Gasteiger partial charge < -0.3 is 4.74 Å². The molecule has 0 saturated heterocycles. The molecule has 0 aliphatic carbocycles. The molecule has 0 bridgehead atoms. The van der Waals surface area contributed by atoms with Crippen molar-refractivity contribution in [1.29, 1.82) is 0 Å². The van der Waals surface area contributed by atoms with Crippen LogP contribution in [0.1, 0.15) is 28.3 Å². The van der Waals surface area contributed by atoms with E-state index < -0.39 is 0 Å². The van der Waals surface area contributed by atoms with Crippen LogP contribution in [0.2, 0.25) is 0 Å². The molecule has 8 heteroatoms. The van der Waals surface area contributed by atoms with E-state index in [2.05, 4.69) is 27.2 Å². The molecule has 1 aliphatic rings. The van der Waals surface area contributed by atoms with Gasteiger partial charge in [0.2, 0.25) is 17.6 Å². The topological polar surface area (TPSA) is 83.0 Å². The van der Waals surface area contributed by atoms with Crippen LogP contribution in [0.15, 0.2) is 91.4 Å². The number of rotatable bonds is 3. The standard InChI is InChI=1S/C27H19N7O/c1-17-21-22(18-10-4-2-5-11-18)23-25-30-24(20-14-8-9-15-28-20)32-33(25)16-29-26(23)35-27(21)34(31-17)19-12-6-3-7-13-19/h2-16,22H,1H3/t22-/m1/s1. The van der Waals surface area contributed by atoms with Crippen molar-refractivity contribution >= 4 is 5.65 Å². The van der Waals surface area contributed by atoms with Gasteiger partial charge in [-0.15, -0.1) is 5.10 Å². The molecule has 0 fully saturated rings. The molecule has 0 amide bonds. The Hall–Kier alpha value is -4.85. The zero-order valence-corrected chi connectivity index (χ0v) is 18.8. The first-order valence-corrected chi connectivity index (χ1v) is 11.3. The summed E-state index contributed by atoms with van der Waals surface area (Å²) in [6.45, 7) is 2.01. The molecule has 4 aromatic heterocycles. The van der Waals surface area contributed by atoms with Crippen LogP contribution < -0.4 is 4.74 Å². The second kappa shape index (κ2) is 7.59. The van der Waals surface area contributed by atoms with Crippen molar-refractivity contribution in [3.05, 3.63) is 114 Å². The van der Waals surface area contributed by atoms with Gasteiger partial charge in [-0.25, -0.2) is 19.2 Å². The SMILES string of the molecule is Cc1nn(-c2ccccc2)c2c1[C@@H](c1ccccc1)c1c(ncn3nc(-c4ccccn4)nc13)O2. The minimum atomic E-state index is -0.176. The fourth-order valence-corrected chi connectivity index (χ4v) is 4.70. The quantitative estimate of drug-likeness (QED) is 0.373. The minimum absolute atomic E-state index is 0.176. The van der Waals surface area contributed by atoms with E-state index in [1.165, 1.54) is 0 Å². The third-order valence-corrected chi connectivity index (χ3v) is 6.25. The van der Waals surface area contributed by atoms with Crippen LogP contribution in [0, 0.1) is 6.92 Å². The molecule has 0 radical (unpaired) electrons. The van der Waals surface area contributed by atoms with Gasteiger partial charge in [0.15, 0.2) is 5.65 Å². The number of nitrogens with zero attached hydrogens (tertiary/aromatic N) is 7. The van der Waals surface area contributed by atoms with E-state index in [4.69, 9.17) is 14.8 Å². The zero-order valence-electron chi connectivity index (χ0n) is 18.8. The van der Waals surface area contributed by atoms with Crippen molar-refractivity contribution in [2.75, 3.05) is 0 Å². The lowest BCUT2D eigenvalue weighted by Gasteiger charge is -2.26. The van der Waals surface area contributed by atoms with Crippen LogP contribution in [0.4, 0.5) is 0 Å². The van der Waals surface area contributed by atoms with E-state index in [0.29, 0.717) is 28.9 Å². The second-order valence-electron chi connectivity index (χ2n) is 8.38. The number of hydrogen-bond acceptors (Lipinski definition) is 6. The fraction of sp³-hybridized carbons (Fsp3) is 0.0741. The van der Waals surface area contributed by atoms with Crippen molar-refractivity contribution in [1.82, 2.24) is 34.3 Å². The number of fused-ring (bicyclic) bond motifs is 4. The third kappa shape index (κ3) is 3.03. The van der Waals surface area contributed by atoms with Crippen molar-refractivity contribution in [2.24, 2.45) is 0 Å². The molecule has 0 unspecified atom stereocenters. The van der Waals surface area contributed by atoms with Crippen LogP contribution in [0.3, 0.4) is 0 Å².